The molecule has 21 heavy (non-hydrogen) atoms. The van der Waals surface area contributed by atoms with E-state index in [0.717, 1.165) is 31.1 Å². The Labute approximate surface area is 127 Å². The van der Waals surface area contributed by atoms with E-state index < -0.39 is 11.5 Å². The maximum Gasteiger partial charge on any atom is 0.328 e. The summed E-state index contributed by atoms with van der Waals surface area (Å²) in [7, 11) is 1.73. The van der Waals surface area contributed by atoms with Crippen molar-refractivity contribution in [1.29, 1.82) is 0 Å². The lowest BCUT2D eigenvalue weighted by molar-refractivity contribution is -0.145. The summed E-state index contributed by atoms with van der Waals surface area (Å²) in [4.78, 5) is 14.3. The molecule has 1 aromatic carbocycles. The molecule has 1 aliphatic rings. The molecular formula is C17H26N2O2. The van der Waals surface area contributed by atoms with Crippen LogP contribution in [-0.2, 0) is 10.3 Å². The molecule has 4 nitrogen and oxygen atoms in total. The maximum absolute atomic E-state index is 11.9. The zero-order valence-corrected chi connectivity index (χ0v) is 13.0. The summed E-state index contributed by atoms with van der Waals surface area (Å²) in [5.41, 5.74) is -0.180. The van der Waals surface area contributed by atoms with Gasteiger partial charge in [-0.1, -0.05) is 37.3 Å². The first kappa shape index (κ1) is 16.0. The number of likely N-dealkylation sites (N-methyl/N-ethyl adjacent to an activating group) is 1. The molecule has 1 atom stereocenters. The van der Waals surface area contributed by atoms with Crippen LogP contribution < -0.4 is 5.32 Å². The van der Waals surface area contributed by atoms with Gasteiger partial charge in [-0.05, 0) is 44.3 Å². The number of nitrogens with one attached hydrogen (secondary N) is 1. The van der Waals surface area contributed by atoms with Crippen molar-refractivity contribution in [1.82, 2.24) is 10.2 Å². The minimum absolute atomic E-state index is 0.573. The summed E-state index contributed by atoms with van der Waals surface area (Å²) in [6.07, 6.45) is 3.22. The van der Waals surface area contributed by atoms with E-state index in [1.54, 1.807) is 7.05 Å². The van der Waals surface area contributed by atoms with E-state index in [1.807, 2.05) is 30.3 Å². The van der Waals surface area contributed by atoms with Crippen molar-refractivity contribution in [2.45, 2.75) is 31.7 Å². The fourth-order valence-electron chi connectivity index (χ4n) is 2.84. The lowest BCUT2D eigenvalue weighted by Crippen LogP contribution is -2.49. The fourth-order valence-corrected chi connectivity index (χ4v) is 2.84. The van der Waals surface area contributed by atoms with E-state index in [-0.39, 0.29) is 0 Å². The minimum Gasteiger partial charge on any atom is -0.480 e. The molecule has 0 spiro atoms. The van der Waals surface area contributed by atoms with Crippen LogP contribution in [-0.4, -0.2) is 42.7 Å². The van der Waals surface area contributed by atoms with Crippen LogP contribution in [0.15, 0.2) is 30.3 Å². The highest BCUT2D eigenvalue weighted by atomic mass is 16.4. The molecule has 1 saturated carbocycles. The van der Waals surface area contributed by atoms with Crippen LogP contribution in [0, 0.1) is 5.92 Å². The Bertz CT molecular complexity index is 459. The summed E-state index contributed by atoms with van der Waals surface area (Å²) >= 11 is 0. The highest BCUT2D eigenvalue weighted by Crippen LogP contribution is 2.31. The highest BCUT2D eigenvalue weighted by Gasteiger charge is 2.39. The summed E-state index contributed by atoms with van der Waals surface area (Å²) in [5, 5.41) is 12.8. The lowest BCUT2D eigenvalue weighted by atomic mass is 9.86. The molecule has 1 unspecified atom stereocenters. The van der Waals surface area contributed by atoms with Gasteiger partial charge in [-0.15, -0.1) is 0 Å². The number of benzene rings is 1. The normalized spacial score (nSPS) is 17.7. The van der Waals surface area contributed by atoms with Crippen LogP contribution in [0.3, 0.4) is 0 Å². The molecular weight excluding hydrogens is 264 g/mol. The first-order valence-electron chi connectivity index (χ1n) is 7.82. The molecule has 116 valence electrons. The number of carboxylic acids is 1. The van der Waals surface area contributed by atoms with E-state index in [9.17, 15) is 9.90 Å². The van der Waals surface area contributed by atoms with Crippen LogP contribution in [0.2, 0.25) is 0 Å². The van der Waals surface area contributed by atoms with Gasteiger partial charge in [0.2, 0.25) is 0 Å². The van der Waals surface area contributed by atoms with Crippen LogP contribution in [0.5, 0.6) is 0 Å². The van der Waals surface area contributed by atoms with Crippen molar-refractivity contribution in [2.75, 3.05) is 26.7 Å². The van der Waals surface area contributed by atoms with Gasteiger partial charge in [-0.2, -0.15) is 0 Å². The number of carbonyl (C=O) groups is 1. The second-order valence-corrected chi connectivity index (χ2v) is 5.91. The number of rotatable bonds is 9. The van der Waals surface area contributed by atoms with E-state index in [1.165, 1.54) is 12.8 Å². The van der Waals surface area contributed by atoms with E-state index in [4.69, 9.17) is 0 Å². The standard InChI is InChI=1S/C17H26N2O2/c1-3-19(13-14-9-10-14)12-11-17(18-2,16(20)21)15-7-5-4-6-8-15/h4-8,14,18H,3,9-13H2,1-2H3,(H,20,21). The van der Waals surface area contributed by atoms with Gasteiger partial charge in [0, 0.05) is 13.1 Å². The predicted molar refractivity (Wildman–Crippen MR) is 84.3 cm³/mol. The van der Waals surface area contributed by atoms with E-state index in [0.29, 0.717) is 6.42 Å². The molecule has 0 aliphatic heterocycles. The number of hydrogen-bond acceptors (Lipinski definition) is 3. The second kappa shape index (κ2) is 7.05. The summed E-state index contributed by atoms with van der Waals surface area (Å²) in [6.45, 7) is 5.02. The Morgan fingerprint density at radius 3 is 2.52 bits per heavy atom. The largest absolute Gasteiger partial charge is 0.480 e. The highest BCUT2D eigenvalue weighted by molar-refractivity contribution is 5.80. The predicted octanol–water partition coefficient (Wildman–Crippen LogP) is 2.31. The Kier molecular flexibility index (Phi) is 5.37. The summed E-state index contributed by atoms with van der Waals surface area (Å²) in [6, 6.07) is 9.49. The monoisotopic (exact) mass is 290 g/mol. The molecule has 0 heterocycles. The molecule has 1 aliphatic carbocycles. The van der Waals surface area contributed by atoms with Gasteiger partial charge in [0.1, 0.15) is 5.54 Å². The Balaban J connectivity index is 2.10. The van der Waals surface area contributed by atoms with Gasteiger partial charge in [0.05, 0.1) is 0 Å². The average Bonchev–Trinajstić information content (AvgIpc) is 3.32. The molecule has 4 heteroatoms. The van der Waals surface area contributed by atoms with Gasteiger partial charge in [-0.25, -0.2) is 4.79 Å². The van der Waals surface area contributed by atoms with Gasteiger partial charge in [0.25, 0.3) is 0 Å². The van der Waals surface area contributed by atoms with Crippen molar-refractivity contribution in [2.24, 2.45) is 5.92 Å². The SMILES string of the molecule is CCN(CCC(NC)(C(=O)O)c1ccccc1)CC1CC1. The molecule has 1 fully saturated rings. The van der Waals surface area contributed by atoms with Crippen LogP contribution in [0.4, 0.5) is 0 Å². The van der Waals surface area contributed by atoms with Crippen LogP contribution in [0.25, 0.3) is 0 Å². The number of nitrogens with zero attached hydrogens (tertiary/aromatic N) is 1. The van der Waals surface area contributed by atoms with Gasteiger partial charge >= 0.3 is 5.97 Å². The number of carboxylic acid groups (broad SMARTS) is 1. The molecule has 0 bridgehead atoms. The van der Waals surface area contributed by atoms with Crippen molar-refractivity contribution < 1.29 is 9.90 Å². The zero-order chi connectivity index (χ0) is 15.3. The molecule has 0 aromatic heterocycles. The van der Waals surface area contributed by atoms with Crippen molar-refractivity contribution in [3.63, 3.8) is 0 Å². The number of aliphatic carboxylic acids is 1. The summed E-state index contributed by atoms with van der Waals surface area (Å²) < 4.78 is 0. The third-order valence-corrected chi connectivity index (χ3v) is 4.52. The topological polar surface area (TPSA) is 52.6 Å². The Hall–Kier alpha value is -1.39. The fraction of sp³-hybridized carbons (Fsp3) is 0.588. The molecule has 1 aromatic rings. The second-order valence-electron chi connectivity index (χ2n) is 5.91. The molecule has 2 N–H and O–H groups in total. The lowest BCUT2D eigenvalue weighted by Gasteiger charge is -2.32. The smallest absolute Gasteiger partial charge is 0.328 e. The Morgan fingerprint density at radius 2 is 2.05 bits per heavy atom. The first-order chi connectivity index (χ1) is 10.1. The number of hydrogen-bond donors (Lipinski definition) is 2. The molecule has 2 rings (SSSR count). The minimum atomic E-state index is -1.00. The molecule has 0 saturated heterocycles. The van der Waals surface area contributed by atoms with Crippen molar-refractivity contribution in [3.8, 4) is 0 Å². The van der Waals surface area contributed by atoms with Gasteiger partial charge in [-0.3, -0.25) is 0 Å². The average molecular weight is 290 g/mol. The quantitative estimate of drug-likeness (QED) is 0.733. The third-order valence-electron chi connectivity index (χ3n) is 4.52. The van der Waals surface area contributed by atoms with E-state index >= 15 is 0 Å². The third kappa shape index (κ3) is 3.83. The maximum atomic E-state index is 11.9. The molecule has 0 radical (unpaired) electrons. The first-order valence-corrected chi connectivity index (χ1v) is 7.82. The van der Waals surface area contributed by atoms with Crippen molar-refractivity contribution in [3.05, 3.63) is 35.9 Å². The Morgan fingerprint density at radius 1 is 1.38 bits per heavy atom. The van der Waals surface area contributed by atoms with Crippen LogP contribution in [0.1, 0.15) is 31.7 Å². The molecule has 0 amide bonds. The van der Waals surface area contributed by atoms with Gasteiger partial charge in [0.15, 0.2) is 0 Å². The van der Waals surface area contributed by atoms with Crippen molar-refractivity contribution >= 4 is 5.97 Å². The van der Waals surface area contributed by atoms with Crippen LogP contribution >= 0.6 is 0 Å². The van der Waals surface area contributed by atoms with E-state index in [2.05, 4.69) is 17.1 Å². The zero-order valence-electron chi connectivity index (χ0n) is 13.0. The summed E-state index contributed by atoms with van der Waals surface area (Å²) in [5.74, 6) is 0.0224. The van der Waals surface area contributed by atoms with Gasteiger partial charge < -0.3 is 15.3 Å².